The molecule has 4 rings (SSSR count). The summed E-state index contributed by atoms with van der Waals surface area (Å²) in [6.45, 7) is 9.41. The van der Waals surface area contributed by atoms with Crippen molar-refractivity contribution >= 4 is 28.9 Å². The highest BCUT2D eigenvalue weighted by molar-refractivity contribution is 6.36. The highest BCUT2D eigenvalue weighted by atomic mass is 35.5. The van der Waals surface area contributed by atoms with Gasteiger partial charge in [0.1, 0.15) is 11.5 Å². The standard InChI is InChI=1S/C22H27Cl2N3O/c1-4-10-26(12-16-6-5-7-16)13-19-14(2)25-27-21(15(3)28-22(19)27)18-9-8-17(23)11-20(18)24/h8-9,11,16H,4-7,10,12-13H2,1-3H3. The summed E-state index contributed by atoms with van der Waals surface area (Å²) in [7, 11) is 0. The monoisotopic (exact) mass is 419 g/mol. The van der Waals surface area contributed by atoms with Crippen molar-refractivity contribution in [3.8, 4) is 11.3 Å². The first-order valence-electron chi connectivity index (χ1n) is 10.1. The molecule has 150 valence electrons. The average molecular weight is 420 g/mol. The highest BCUT2D eigenvalue weighted by Gasteiger charge is 2.25. The quantitative estimate of drug-likeness (QED) is 0.436. The average Bonchev–Trinajstić information content (AvgIpc) is 3.06. The van der Waals surface area contributed by atoms with Gasteiger partial charge in [-0.25, -0.2) is 0 Å². The van der Waals surface area contributed by atoms with Crippen molar-refractivity contribution < 1.29 is 4.42 Å². The van der Waals surface area contributed by atoms with Gasteiger partial charge < -0.3 is 4.42 Å². The molecule has 1 aliphatic carbocycles. The molecule has 1 fully saturated rings. The number of rotatable bonds is 7. The van der Waals surface area contributed by atoms with E-state index in [1.165, 1.54) is 31.4 Å². The van der Waals surface area contributed by atoms with E-state index < -0.39 is 0 Å². The van der Waals surface area contributed by atoms with Crippen molar-refractivity contribution in [1.82, 2.24) is 14.5 Å². The molecule has 0 atom stereocenters. The molecule has 2 aromatic heterocycles. The molecule has 3 aromatic rings. The van der Waals surface area contributed by atoms with Gasteiger partial charge in [-0.15, -0.1) is 0 Å². The van der Waals surface area contributed by atoms with Gasteiger partial charge >= 0.3 is 0 Å². The molecular formula is C22H27Cl2N3O. The summed E-state index contributed by atoms with van der Waals surface area (Å²) in [6, 6.07) is 5.54. The second-order valence-electron chi connectivity index (χ2n) is 7.94. The largest absolute Gasteiger partial charge is 0.441 e. The fraction of sp³-hybridized carbons (Fsp3) is 0.500. The summed E-state index contributed by atoms with van der Waals surface area (Å²) < 4.78 is 8.10. The summed E-state index contributed by atoms with van der Waals surface area (Å²) in [6.07, 6.45) is 5.26. The van der Waals surface area contributed by atoms with Gasteiger partial charge in [0.2, 0.25) is 5.71 Å². The summed E-state index contributed by atoms with van der Waals surface area (Å²) in [5.74, 6) is 1.66. The lowest BCUT2D eigenvalue weighted by atomic mass is 9.85. The molecule has 4 nitrogen and oxygen atoms in total. The molecule has 2 heterocycles. The molecule has 0 radical (unpaired) electrons. The zero-order valence-corrected chi connectivity index (χ0v) is 18.3. The van der Waals surface area contributed by atoms with Crippen LogP contribution in [0, 0.1) is 19.8 Å². The van der Waals surface area contributed by atoms with E-state index in [0.29, 0.717) is 10.0 Å². The van der Waals surface area contributed by atoms with E-state index in [4.69, 9.17) is 32.7 Å². The van der Waals surface area contributed by atoms with Crippen LogP contribution in [0.4, 0.5) is 0 Å². The van der Waals surface area contributed by atoms with Gasteiger partial charge in [0.15, 0.2) is 0 Å². The van der Waals surface area contributed by atoms with E-state index in [2.05, 4.69) is 18.7 Å². The van der Waals surface area contributed by atoms with Crippen molar-refractivity contribution in [2.75, 3.05) is 13.1 Å². The number of hydrogen-bond donors (Lipinski definition) is 0. The maximum atomic E-state index is 6.47. The van der Waals surface area contributed by atoms with E-state index in [1.54, 1.807) is 6.07 Å². The number of aromatic nitrogens is 2. The Morgan fingerprint density at radius 2 is 2.04 bits per heavy atom. The normalized spacial score (nSPS) is 14.9. The fourth-order valence-corrected chi connectivity index (χ4v) is 4.62. The SMILES string of the molecule is CCCN(Cc1c(C)nn2c(-c3ccc(Cl)cc3Cl)c(C)oc12)CC1CCC1. The molecule has 0 spiro atoms. The predicted octanol–water partition coefficient (Wildman–Crippen LogP) is 6.53. The maximum Gasteiger partial charge on any atom is 0.227 e. The topological polar surface area (TPSA) is 33.7 Å². The van der Waals surface area contributed by atoms with Gasteiger partial charge in [0, 0.05) is 23.7 Å². The lowest BCUT2D eigenvalue weighted by Crippen LogP contribution is -2.32. The van der Waals surface area contributed by atoms with Crippen molar-refractivity contribution in [1.29, 1.82) is 0 Å². The molecule has 0 bridgehead atoms. The highest BCUT2D eigenvalue weighted by Crippen LogP contribution is 2.36. The van der Waals surface area contributed by atoms with E-state index in [1.807, 2.05) is 23.6 Å². The Kier molecular flexibility index (Phi) is 5.73. The number of nitrogens with zero attached hydrogens (tertiary/aromatic N) is 3. The lowest BCUT2D eigenvalue weighted by molar-refractivity contribution is 0.171. The number of aryl methyl sites for hydroxylation is 2. The third kappa shape index (κ3) is 3.70. The Bertz CT molecular complexity index is 987. The summed E-state index contributed by atoms with van der Waals surface area (Å²) in [5.41, 5.74) is 4.79. The fourth-order valence-electron chi connectivity index (χ4n) is 4.12. The zero-order valence-electron chi connectivity index (χ0n) is 16.8. The molecule has 0 aliphatic heterocycles. The second kappa shape index (κ2) is 8.10. The predicted molar refractivity (Wildman–Crippen MR) is 115 cm³/mol. The van der Waals surface area contributed by atoms with Crippen molar-refractivity contribution in [3.05, 3.63) is 45.3 Å². The minimum absolute atomic E-state index is 0.602. The Morgan fingerprint density at radius 3 is 2.68 bits per heavy atom. The van der Waals surface area contributed by atoms with Crippen molar-refractivity contribution in [3.63, 3.8) is 0 Å². The summed E-state index contributed by atoms with van der Waals surface area (Å²) in [4.78, 5) is 2.56. The molecule has 0 saturated heterocycles. The van der Waals surface area contributed by atoms with E-state index in [0.717, 1.165) is 53.9 Å². The Balaban J connectivity index is 1.71. The van der Waals surface area contributed by atoms with Crippen LogP contribution < -0.4 is 0 Å². The van der Waals surface area contributed by atoms with Crippen molar-refractivity contribution in [2.24, 2.45) is 5.92 Å². The van der Waals surface area contributed by atoms with Crippen LogP contribution in [-0.2, 0) is 6.54 Å². The number of halogens is 2. The number of fused-ring (bicyclic) bond motifs is 1. The third-order valence-corrected chi connectivity index (χ3v) is 6.33. The number of hydrogen-bond acceptors (Lipinski definition) is 3. The van der Waals surface area contributed by atoms with Gasteiger partial charge in [-0.05, 0) is 63.8 Å². The van der Waals surface area contributed by atoms with Crippen LogP contribution in [0.5, 0.6) is 0 Å². The van der Waals surface area contributed by atoms with Gasteiger partial charge in [0.25, 0.3) is 0 Å². The van der Waals surface area contributed by atoms with Crippen LogP contribution in [-0.4, -0.2) is 27.6 Å². The Hall–Kier alpha value is -1.49. The van der Waals surface area contributed by atoms with Gasteiger partial charge in [0.05, 0.1) is 16.3 Å². The molecule has 28 heavy (non-hydrogen) atoms. The minimum atomic E-state index is 0.602. The maximum absolute atomic E-state index is 6.47. The van der Waals surface area contributed by atoms with Crippen LogP contribution in [0.15, 0.2) is 22.6 Å². The molecule has 6 heteroatoms. The lowest BCUT2D eigenvalue weighted by Gasteiger charge is -2.32. The third-order valence-electron chi connectivity index (χ3n) is 5.78. The van der Waals surface area contributed by atoms with Gasteiger partial charge in [-0.1, -0.05) is 36.5 Å². The molecule has 1 aromatic carbocycles. The summed E-state index contributed by atoms with van der Waals surface area (Å²) in [5, 5.41) is 6.03. The van der Waals surface area contributed by atoms with Crippen LogP contribution in [0.3, 0.4) is 0 Å². The number of oxazole rings is 1. The molecule has 0 amide bonds. The second-order valence-corrected chi connectivity index (χ2v) is 8.79. The Morgan fingerprint density at radius 1 is 1.25 bits per heavy atom. The van der Waals surface area contributed by atoms with E-state index in [-0.39, 0.29) is 0 Å². The van der Waals surface area contributed by atoms with Crippen LogP contribution >= 0.6 is 23.2 Å². The van der Waals surface area contributed by atoms with Gasteiger partial charge in [-0.2, -0.15) is 9.61 Å². The van der Waals surface area contributed by atoms with Gasteiger partial charge in [-0.3, -0.25) is 4.90 Å². The number of benzene rings is 1. The summed E-state index contributed by atoms with van der Waals surface area (Å²) >= 11 is 12.5. The Labute approximate surface area is 176 Å². The van der Waals surface area contributed by atoms with Crippen LogP contribution in [0.2, 0.25) is 10.0 Å². The van der Waals surface area contributed by atoms with Crippen LogP contribution in [0.1, 0.15) is 49.6 Å². The first kappa shape index (κ1) is 19.8. The minimum Gasteiger partial charge on any atom is -0.441 e. The first-order chi connectivity index (χ1) is 13.5. The molecule has 0 N–H and O–H groups in total. The van der Waals surface area contributed by atoms with E-state index in [9.17, 15) is 0 Å². The zero-order chi connectivity index (χ0) is 19.8. The van der Waals surface area contributed by atoms with E-state index >= 15 is 0 Å². The smallest absolute Gasteiger partial charge is 0.227 e. The van der Waals surface area contributed by atoms with Crippen molar-refractivity contribution in [2.45, 2.75) is 53.0 Å². The molecular weight excluding hydrogens is 393 g/mol. The molecule has 1 aliphatic rings. The molecule has 0 unspecified atom stereocenters. The molecule has 1 saturated carbocycles. The van der Waals surface area contributed by atoms with Crippen LogP contribution in [0.25, 0.3) is 17.0 Å². The first-order valence-corrected chi connectivity index (χ1v) is 10.9.